The zero-order valence-electron chi connectivity index (χ0n) is 14.5. The Balaban J connectivity index is 1.91. The Bertz CT molecular complexity index is 774. The molecule has 8 heteroatoms. The fraction of sp³-hybridized carbons (Fsp3) is 0.389. The summed E-state index contributed by atoms with van der Waals surface area (Å²) in [4.78, 5) is 25.7. The molecule has 1 aromatic heterocycles. The van der Waals surface area contributed by atoms with Crippen LogP contribution in [0.2, 0.25) is 0 Å². The summed E-state index contributed by atoms with van der Waals surface area (Å²) in [6.45, 7) is 1.02. The quantitative estimate of drug-likeness (QED) is 0.755. The van der Waals surface area contributed by atoms with Gasteiger partial charge in [-0.05, 0) is 25.0 Å². The number of hydrogen-bond donors (Lipinski definition) is 1. The lowest BCUT2D eigenvalue weighted by Gasteiger charge is -2.20. The summed E-state index contributed by atoms with van der Waals surface area (Å²) >= 11 is 0. The van der Waals surface area contributed by atoms with Crippen molar-refractivity contribution >= 4 is 11.9 Å². The molecule has 1 aliphatic rings. The van der Waals surface area contributed by atoms with Crippen LogP contribution < -0.4 is 4.74 Å². The highest BCUT2D eigenvalue weighted by atomic mass is 16.5. The van der Waals surface area contributed by atoms with Crippen molar-refractivity contribution < 1.29 is 24.2 Å². The number of likely N-dealkylation sites (tertiary alicyclic amines) is 1. The van der Waals surface area contributed by atoms with Crippen molar-refractivity contribution in [1.82, 2.24) is 14.7 Å². The van der Waals surface area contributed by atoms with Gasteiger partial charge in [0.1, 0.15) is 12.6 Å². The van der Waals surface area contributed by atoms with Gasteiger partial charge < -0.3 is 19.5 Å². The van der Waals surface area contributed by atoms with Gasteiger partial charge in [-0.2, -0.15) is 5.10 Å². The van der Waals surface area contributed by atoms with E-state index in [4.69, 9.17) is 9.47 Å². The number of ether oxygens (including phenoxy) is 2. The smallest absolute Gasteiger partial charge is 0.326 e. The van der Waals surface area contributed by atoms with Crippen LogP contribution in [0.15, 0.2) is 36.5 Å². The number of aromatic nitrogens is 2. The third-order valence-electron chi connectivity index (χ3n) is 4.25. The first kappa shape index (κ1) is 17.9. The van der Waals surface area contributed by atoms with Crippen LogP contribution in [-0.2, 0) is 9.53 Å². The molecule has 0 radical (unpaired) electrons. The van der Waals surface area contributed by atoms with Crippen molar-refractivity contribution in [3.63, 3.8) is 0 Å². The predicted molar refractivity (Wildman–Crippen MR) is 92.6 cm³/mol. The Kier molecular flexibility index (Phi) is 5.52. The lowest BCUT2D eigenvalue weighted by atomic mass is 10.2. The van der Waals surface area contributed by atoms with E-state index in [0.717, 1.165) is 5.69 Å². The Labute approximate surface area is 150 Å². The second-order valence-corrected chi connectivity index (χ2v) is 5.96. The molecule has 138 valence electrons. The molecule has 0 bridgehead atoms. The number of benzene rings is 1. The zero-order chi connectivity index (χ0) is 18.5. The minimum absolute atomic E-state index is 0.109. The lowest BCUT2D eigenvalue weighted by molar-refractivity contribution is -0.141. The summed E-state index contributed by atoms with van der Waals surface area (Å²) in [7, 11) is 1.56. The molecule has 1 aliphatic heterocycles. The van der Waals surface area contributed by atoms with Gasteiger partial charge in [-0.15, -0.1) is 0 Å². The summed E-state index contributed by atoms with van der Waals surface area (Å²) in [5.74, 6) is -1.12. The minimum atomic E-state index is -1.000. The molecule has 1 N–H and O–H groups in total. The second kappa shape index (κ2) is 8.01. The molecule has 0 spiro atoms. The van der Waals surface area contributed by atoms with E-state index in [2.05, 4.69) is 5.10 Å². The molecule has 3 rings (SSSR count). The van der Waals surface area contributed by atoms with E-state index in [-0.39, 0.29) is 12.3 Å². The van der Waals surface area contributed by atoms with Crippen LogP contribution in [0.3, 0.4) is 0 Å². The number of hydrogen-bond acceptors (Lipinski definition) is 5. The van der Waals surface area contributed by atoms with E-state index in [0.29, 0.717) is 31.7 Å². The fourth-order valence-corrected chi connectivity index (χ4v) is 2.96. The van der Waals surface area contributed by atoms with E-state index in [1.54, 1.807) is 18.0 Å². The van der Waals surface area contributed by atoms with Crippen LogP contribution in [0.1, 0.15) is 23.3 Å². The van der Waals surface area contributed by atoms with Crippen LogP contribution in [0.4, 0.5) is 0 Å². The number of para-hydroxylation sites is 1. The minimum Gasteiger partial charge on any atom is -0.487 e. The molecule has 1 saturated heterocycles. The molecular formula is C18H21N3O5. The molecule has 2 aromatic rings. The van der Waals surface area contributed by atoms with E-state index in [1.807, 2.05) is 30.3 Å². The van der Waals surface area contributed by atoms with Crippen molar-refractivity contribution in [2.24, 2.45) is 0 Å². The highest BCUT2D eigenvalue weighted by Crippen LogP contribution is 2.26. The first-order valence-electron chi connectivity index (χ1n) is 8.42. The molecule has 0 saturated carbocycles. The van der Waals surface area contributed by atoms with Crippen molar-refractivity contribution in [3.8, 4) is 11.4 Å². The molecule has 2 heterocycles. The Morgan fingerprint density at radius 2 is 2.04 bits per heavy atom. The third-order valence-corrected chi connectivity index (χ3v) is 4.25. The van der Waals surface area contributed by atoms with Crippen LogP contribution >= 0.6 is 0 Å². The number of carbonyl (C=O) groups excluding carboxylic acids is 1. The monoisotopic (exact) mass is 359 g/mol. The number of methoxy groups -OCH3 is 1. The number of carboxylic acids is 1. The Morgan fingerprint density at radius 3 is 2.73 bits per heavy atom. The third kappa shape index (κ3) is 3.70. The van der Waals surface area contributed by atoms with Gasteiger partial charge in [0.25, 0.3) is 5.91 Å². The number of rotatable bonds is 7. The number of aliphatic carboxylic acids is 1. The van der Waals surface area contributed by atoms with Gasteiger partial charge in [-0.25, -0.2) is 9.48 Å². The summed E-state index contributed by atoms with van der Waals surface area (Å²) in [6, 6.07) is 8.51. The highest BCUT2D eigenvalue weighted by Gasteiger charge is 2.36. The molecule has 0 aliphatic carbocycles. The van der Waals surface area contributed by atoms with Crippen molar-refractivity contribution in [3.05, 3.63) is 42.2 Å². The largest absolute Gasteiger partial charge is 0.487 e. The normalized spacial score (nSPS) is 16.7. The number of carbonyl (C=O) groups is 2. The van der Waals surface area contributed by atoms with Crippen molar-refractivity contribution in [2.75, 3.05) is 26.9 Å². The standard InChI is InChI=1S/C18H21N3O5/c1-25-10-11-26-15-12-21(13-6-3-2-4-7-13)19-16(15)17(22)20-9-5-8-14(20)18(23)24/h2-4,6-7,12,14H,5,8-11H2,1H3,(H,23,24)/t14-/m0/s1. The van der Waals surface area contributed by atoms with Crippen LogP contribution in [0.5, 0.6) is 5.75 Å². The van der Waals surface area contributed by atoms with Gasteiger partial charge >= 0.3 is 5.97 Å². The Hall–Kier alpha value is -2.87. The van der Waals surface area contributed by atoms with Gasteiger partial charge in [0.15, 0.2) is 11.4 Å². The maximum atomic E-state index is 12.9. The van der Waals surface area contributed by atoms with Gasteiger partial charge in [-0.1, -0.05) is 18.2 Å². The number of nitrogens with zero attached hydrogens (tertiary/aromatic N) is 3. The van der Waals surface area contributed by atoms with E-state index >= 15 is 0 Å². The topological polar surface area (TPSA) is 93.9 Å². The molecule has 26 heavy (non-hydrogen) atoms. The summed E-state index contributed by atoms with van der Waals surface area (Å²) in [6.07, 6.45) is 2.73. The lowest BCUT2D eigenvalue weighted by Crippen LogP contribution is -2.40. The van der Waals surface area contributed by atoms with E-state index in [9.17, 15) is 14.7 Å². The summed E-state index contributed by atoms with van der Waals surface area (Å²) in [5.41, 5.74) is 0.887. The predicted octanol–water partition coefficient (Wildman–Crippen LogP) is 1.59. The number of amides is 1. The van der Waals surface area contributed by atoms with E-state index in [1.165, 1.54) is 4.90 Å². The van der Waals surface area contributed by atoms with Crippen LogP contribution in [0, 0.1) is 0 Å². The van der Waals surface area contributed by atoms with Crippen molar-refractivity contribution in [1.29, 1.82) is 0 Å². The summed E-state index contributed by atoms with van der Waals surface area (Å²) in [5, 5.41) is 13.7. The molecule has 1 atom stereocenters. The van der Waals surface area contributed by atoms with Gasteiger partial charge in [0, 0.05) is 13.7 Å². The molecule has 1 fully saturated rings. The molecule has 1 amide bonds. The van der Waals surface area contributed by atoms with Crippen LogP contribution in [0.25, 0.3) is 5.69 Å². The molecule has 8 nitrogen and oxygen atoms in total. The highest BCUT2D eigenvalue weighted by molar-refractivity contribution is 5.97. The maximum Gasteiger partial charge on any atom is 0.326 e. The molecular weight excluding hydrogens is 338 g/mol. The van der Waals surface area contributed by atoms with Gasteiger partial charge in [0.2, 0.25) is 0 Å². The Morgan fingerprint density at radius 1 is 1.27 bits per heavy atom. The van der Waals surface area contributed by atoms with Gasteiger partial charge in [0.05, 0.1) is 18.5 Å². The average molecular weight is 359 g/mol. The average Bonchev–Trinajstić information content (AvgIpc) is 3.30. The van der Waals surface area contributed by atoms with Crippen LogP contribution in [-0.4, -0.2) is 64.6 Å². The first-order chi connectivity index (χ1) is 12.6. The maximum absolute atomic E-state index is 12.9. The molecule has 0 unspecified atom stereocenters. The zero-order valence-corrected chi connectivity index (χ0v) is 14.5. The SMILES string of the molecule is COCCOc1cn(-c2ccccc2)nc1C(=O)N1CCC[C@H]1C(=O)O. The molecule has 1 aromatic carbocycles. The number of carboxylic acid groups (broad SMARTS) is 1. The first-order valence-corrected chi connectivity index (χ1v) is 8.42. The van der Waals surface area contributed by atoms with Crippen molar-refractivity contribution in [2.45, 2.75) is 18.9 Å². The van der Waals surface area contributed by atoms with Gasteiger partial charge in [-0.3, -0.25) is 4.79 Å². The van der Waals surface area contributed by atoms with E-state index < -0.39 is 17.9 Å². The fourth-order valence-electron chi connectivity index (χ4n) is 2.96. The summed E-state index contributed by atoms with van der Waals surface area (Å²) < 4.78 is 12.2. The second-order valence-electron chi connectivity index (χ2n) is 5.96.